The first-order chi connectivity index (χ1) is 11.1. The minimum absolute atomic E-state index is 0.118. The number of ether oxygens (including phenoxy) is 2. The quantitative estimate of drug-likeness (QED) is 0.414. The van der Waals surface area contributed by atoms with Gasteiger partial charge in [0, 0.05) is 7.11 Å². The second-order valence-corrected chi connectivity index (χ2v) is 12.4. The average Bonchev–Trinajstić information content (AvgIpc) is 2.47. The molecule has 0 saturated heterocycles. The summed E-state index contributed by atoms with van der Waals surface area (Å²) in [6, 6.07) is 3.81. The highest BCUT2D eigenvalue weighted by atomic mass is 28.4. The number of aryl methyl sites for hydroxylation is 1. The molecule has 136 valence electrons. The van der Waals surface area contributed by atoms with Gasteiger partial charge in [-0.1, -0.05) is 39.0 Å². The third kappa shape index (κ3) is 5.96. The maximum absolute atomic E-state index is 10.0. The zero-order chi connectivity index (χ0) is 18.4. The number of methoxy groups -OCH3 is 1. The Labute approximate surface area is 147 Å². The van der Waals surface area contributed by atoms with E-state index in [1.807, 2.05) is 19.1 Å². The summed E-state index contributed by atoms with van der Waals surface area (Å²) in [6.45, 7) is 13.8. The van der Waals surface area contributed by atoms with Gasteiger partial charge in [-0.25, -0.2) is 0 Å². The lowest BCUT2D eigenvalue weighted by Crippen LogP contribution is -2.40. The Kier molecular flexibility index (Phi) is 7.51. The number of aromatic hydroxyl groups is 1. The predicted octanol–water partition coefficient (Wildman–Crippen LogP) is 4.80. The van der Waals surface area contributed by atoms with Crippen molar-refractivity contribution in [1.29, 1.82) is 0 Å². The SMILES string of the molecule is COCOc1cc(CC=CCO[Si](C)(C)C(C)(C)C)cc(C)c1O. The summed E-state index contributed by atoms with van der Waals surface area (Å²) in [5.74, 6) is 0.624. The minimum atomic E-state index is -1.69. The first-order valence-electron chi connectivity index (χ1n) is 8.31. The van der Waals surface area contributed by atoms with Crippen LogP contribution >= 0.6 is 0 Å². The Morgan fingerprint density at radius 3 is 2.42 bits per heavy atom. The number of phenols is 1. The third-order valence-electron chi connectivity index (χ3n) is 4.52. The van der Waals surface area contributed by atoms with E-state index in [9.17, 15) is 5.11 Å². The standard InChI is InChI=1S/C19H32O4Si/c1-15-12-16(13-17(18(15)20)22-14-21-5)10-8-9-11-23-24(6,7)19(2,3)4/h8-9,12-13,20H,10-11,14H2,1-7H3. The molecule has 0 aliphatic carbocycles. The molecule has 0 amide bonds. The molecule has 0 heterocycles. The summed E-state index contributed by atoms with van der Waals surface area (Å²) in [4.78, 5) is 0. The van der Waals surface area contributed by atoms with Gasteiger partial charge in [0.15, 0.2) is 26.6 Å². The Balaban J connectivity index is 2.63. The monoisotopic (exact) mass is 352 g/mol. The highest BCUT2D eigenvalue weighted by Gasteiger charge is 2.36. The average molecular weight is 353 g/mol. The van der Waals surface area contributed by atoms with Crippen molar-refractivity contribution in [3.8, 4) is 11.5 Å². The fourth-order valence-corrected chi connectivity index (χ4v) is 2.88. The third-order valence-corrected chi connectivity index (χ3v) is 9.03. The summed E-state index contributed by atoms with van der Waals surface area (Å²) < 4.78 is 16.4. The smallest absolute Gasteiger partial charge is 0.192 e. The van der Waals surface area contributed by atoms with Gasteiger partial charge in [-0.3, -0.25) is 0 Å². The molecule has 0 bridgehead atoms. The molecule has 0 radical (unpaired) electrons. The summed E-state index contributed by atoms with van der Waals surface area (Å²) in [7, 11) is -0.138. The lowest BCUT2D eigenvalue weighted by Gasteiger charge is -2.35. The summed E-state index contributed by atoms with van der Waals surface area (Å²) in [6.07, 6.45) is 4.93. The zero-order valence-corrected chi connectivity index (χ0v) is 17.1. The number of hydrogen-bond acceptors (Lipinski definition) is 4. The second-order valence-electron chi connectivity index (χ2n) is 7.56. The molecule has 0 aromatic heterocycles. The molecule has 0 spiro atoms. The molecule has 5 heteroatoms. The van der Waals surface area contributed by atoms with Gasteiger partial charge < -0.3 is 19.0 Å². The molecule has 1 aromatic rings. The van der Waals surface area contributed by atoms with Gasteiger partial charge in [0.25, 0.3) is 0 Å². The highest BCUT2D eigenvalue weighted by Crippen LogP contribution is 2.36. The zero-order valence-electron chi connectivity index (χ0n) is 16.1. The lowest BCUT2D eigenvalue weighted by molar-refractivity contribution is 0.0491. The summed E-state index contributed by atoms with van der Waals surface area (Å²) in [5.41, 5.74) is 1.88. The van der Waals surface area contributed by atoms with Crippen LogP contribution in [0.1, 0.15) is 31.9 Å². The van der Waals surface area contributed by atoms with E-state index in [4.69, 9.17) is 13.9 Å². The van der Waals surface area contributed by atoms with Crippen LogP contribution in [0, 0.1) is 6.92 Å². The summed E-state index contributed by atoms with van der Waals surface area (Å²) >= 11 is 0. The fourth-order valence-electron chi connectivity index (χ4n) is 1.93. The van der Waals surface area contributed by atoms with Crippen LogP contribution < -0.4 is 4.74 Å². The molecular formula is C19H32O4Si. The van der Waals surface area contributed by atoms with Gasteiger partial charge in [-0.05, 0) is 48.7 Å². The first-order valence-corrected chi connectivity index (χ1v) is 11.2. The molecular weight excluding hydrogens is 320 g/mol. The number of benzene rings is 1. The van der Waals surface area contributed by atoms with Crippen LogP contribution in [0.25, 0.3) is 0 Å². The second kappa shape index (κ2) is 8.69. The molecule has 1 aromatic carbocycles. The van der Waals surface area contributed by atoms with Crippen molar-refractivity contribution >= 4 is 8.32 Å². The van der Waals surface area contributed by atoms with Crippen molar-refractivity contribution < 1.29 is 19.0 Å². The van der Waals surface area contributed by atoms with E-state index in [0.717, 1.165) is 17.5 Å². The van der Waals surface area contributed by atoms with Crippen molar-refractivity contribution in [3.63, 3.8) is 0 Å². The number of hydrogen-bond donors (Lipinski definition) is 1. The minimum Gasteiger partial charge on any atom is -0.504 e. The van der Waals surface area contributed by atoms with Crippen LogP contribution in [0.3, 0.4) is 0 Å². The lowest BCUT2D eigenvalue weighted by atomic mass is 10.1. The van der Waals surface area contributed by atoms with Crippen LogP contribution in [0.2, 0.25) is 18.1 Å². The predicted molar refractivity (Wildman–Crippen MR) is 101 cm³/mol. The van der Waals surface area contributed by atoms with E-state index in [1.165, 1.54) is 0 Å². The van der Waals surface area contributed by atoms with Crippen LogP contribution in [0.15, 0.2) is 24.3 Å². The maximum Gasteiger partial charge on any atom is 0.192 e. The normalized spacial score (nSPS) is 12.8. The van der Waals surface area contributed by atoms with Gasteiger partial charge in [-0.2, -0.15) is 0 Å². The van der Waals surface area contributed by atoms with Gasteiger partial charge in [0.05, 0.1) is 6.61 Å². The van der Waals surface area contributed by atoms with E-state index < -0.39 is 8.32 Å². The van der Waals surface area contributed by atoms with Crippen LogP contribution in [0.4, 0.5) is 0 Å². The number of phenolic OH excluding ortho intramolecular Hbond substituents is 1. The van der Waals surface area contributed by atoms with E-state index >= 15 is 0 Å². The highest BCUT2D eigenvalue weighted by molar-refractivity contribution is 6.74. The molecule has 4 nitrogen and oxygen atoms in total. The van der Waals surface area contributed by atoms with Crippen LogP contribution in [-0.4, -0.2) is 33.9 Å². The Morgan fingerprint density at radius 2 is 1.83 bits per heavy atom. The molecule has 0 aliphatic rings. The molecule has 0 atom stereocenters. The topological polar surface area (TPSA) is 47.9 Å². The van der Waals surface area contributed by atoms with E-state index in [0.29, 0.717) is 12.4 Å². The molecule has 0 saturated carbocycles. The maximum atomic E-state index is 10.0. The van der Waals surface area contributed by atoms with Crippen molar-refractivity contribution in [2.45, 2.75) is 52.2 Å². The largest absolute Gasteiger partial charge is 0.504 e. The van der Waals surface area contributed by atoms with Crippen molar-refractivity contribution in [2.75, 3.05) is 20.5 Å². The fraction of sp³-hybridized carbons (Fsp3) is 0.579. The van der Waals surface area contributed by atoms with Crippen molar-refractivity contribution in [2.24, 2.45) is 0 Å². The number of allylic oxidation sites excluding steroid dienone is 1. The van der Waals surface area contributed by atoms with E-state index in [2.05, 4.69) is 46.0 Å². The molecule has 0 unspecified atom stereocenters. The van der Waals surface area contributed by atoms with Crippen LogP contribution in [0.5, 0.6) is 11.5 Å². The van der Waals surface area contributed by atoms with Crippen molar-refractivity contribution in [1.82, 2.24) is 0 Å². The van der Waals surface area contributed by atoms with Crippen LogP contribution in [-0.2, 0) is 15.6 Å². The first kappa shape index (κ1) is 20.7. The van der Waals surface area contributed by atoms with Gasteiger partial charge in [0.2, 0.25) is 0 Å². The molecule has 24 heavy (non-hydrogen) atoms. The molecule has 1 N–H and O–H groups in total. The number of rotatable bonds is 8. The Hall–Kier alpha value is -1.30. The van der Waals surface area contributed by atoms with Gasteiger partial charge >= 0.3 is 0 Å². The Bertz CT molecular complexity index is 559. The Morgan fingerprint density at radius 1 is 1.17 bits per heavy atom. The van der Waals surface area contributed by atoms with E-state index in [1.54, 1.807) is 7.11 Å². The van der Waals surface area contributed by atoms with Crippen molar-refractivity contribution in [3.05, 3.63) is 35.4 Å². The molecule has 0 aliphatic heterocycles. The molecule has 0 fully saturated rings. The van der Waals surface area contributed by atoms with Gasteiger partial charge in [0.1, 0.15) is 0 Å². The summed E-state index contributed by atoms with van der Waals surface area (Å²) in [5, 5.41) is 10.2. The molecule has 1 rings (SSSR count). The van der Waals surface area contributed by atoms with E-state index in [-0.39, 0.29) is 17.6 Å². The van der Waals surface area contributed by atoms with Gasteiger partial charge in [-0.15, -0.1) is 0 Å².